The minimum Gasteiger partial charge on any atom is -0.443 e. The van der Waals surface area contributed by atoms with Crippen LogP contribution < -0.4 is 5.32 Å². The molecule has 1 amide bonds. The first kappa shape index (κ1) is 25.5. The molecule has 0 bridgehead atoms. The Labute approximate surface area is 218 Å². The number of rotatable bonds is 5. The summed E-state index contributed by atoms with van der Waals surface area (Å²) in [6, 6.07) is 12.3. The zero-order valence-corrected chi connectivity index (χ0v) is 22.5. The molecule has 1 atom stereocenters. The second-order valence-corrected chi connectivity index (χ2v) is 11.2. The van der Waals surface area contributed by atoms with E-state index in [1.807, 2.05) is 52.0 Å². The lowest BCUT2D eigenvalue weighted by Gasteiger charge is -2.26. The van der Waals surface area contributed by atoms with Crippen molar-refractivity contribution in [2.45, 2.75) is 71.8 Å². The van der Waals surface area contributed by atoms with Crippen LogP contribution in [0.4, 0.5) is 4.79 Å². The number of aromatic nitrogens is 1. The van der Waals surface area contributed by atoms with Crippen molar-refractivity contribution in [2.24, 2.45) is 0 Å². The fraction of sp³-hybridized carbons (Fsp3) is 0.467. The molecule has 2 aliphatic rings. The van der Waals surface area contributed by atoms with Gasteiger partial charge in [0.05, 0.1) is 22.9 Å². The second-order valence-electron chi connectivity index (χ2n) is 11.2. The highest BCUT2D eigenvalue weighted by atomic mass is 16.6. The number of nitrogens with one attached hydrogen (secondary N) is 1. The Balaban J connectivity index is 1.68. The molecule has 0 saturated carbocycles. The summed E-state index contributed by atoms with van der Waals surface area (Å²) < 4.78 is 13.1. The van der Waals surface area contributed by atoms with E-state index >= 15 is 0 Å². The van der Waals surface area contributed by atoms with Gasteiger partial charge in [0, 0.05) is 31.1 Å². The number of piperidine rings is 1. The standard InChI is InChI=1S/C30H37N3O4/c1-19(36-5)21-14-23-17-31-28(34)27(23)24(15-21)26-16-22-13-20(18-32-11-7-6-8-12-32)9-10-25(22)33(26)29(35)37-30(2,3)4/h9-10,13-16,19H,6-8,11-12,17-18H2,1-5H3,(H,31,34). The Hall–Kier alpha value is -3.16. The molecule has 0 aliphatic carbocycles. The number of hydrogen-bond acceptors (Lipinski definition) is 5. The van der Waals surface area contributed by atoms with Crippen molar-refractivity contribution in [1.82, 2.24) is 14.8 Å². The second kappa shape index (κ2) is 9.95. The van der Waals surface area contributed by atoms with Gasteiger partial charge in [0.25, 0.3) is 5.91 Å². The van der Waals surface area contributed by atoms with Crippen LogP contribution in [0.15, 0.2) is 36.4 Å². The molecule has 5 rings (SSSR count). The Morgan fingerprint density at radius 2 is 1.84 bits per heavy atom. The maximum absolute atomic E-state index is 13.6. The maximum atomic E-state index is 13.6. The zero-order valence-electron chi connectivity index (χ0n) is 22.5. The van der Waals surface area contributed by atoms with Gasteiger partial charge in [-0.2, -0.15) is 0 Å². The average molecular weight is 504 g/mol. The number of amides is 1. The Bertz CT molecular complexity index is 1350. The smallest absolute Gasteiger partial charge is 0.419 e. The molecule has 1 unspecified atom stereocenters. The quantitative estimate of drug-likeness (QED) is 0.460. The highest BCUT2D eigenvalue weighted by Gasteiger charge is 2.30. The van der Waals surface area contributed by atoms with Gasteiger partial charge in [-0.3, -0.25) is 9.69 Å². The first-order chi connectivity index (χ1) is 17.6. The van der Waals surface area contributed by atoms with Crippen molar-refractivity contribution in [1.29, 1.82) is 0 Å². The van der Waals surface area contributed by atoms with Crippen LogP contribution in [0.25, 0.3) is 22.2 Å². The summed E-state index contributed by atoms with van der Waals surface area (Å²) in [6.45, 7) is 11.1. The normalized spacial score (nSPS) is 17.1. The molecule has 2 aliphatic heterocycles. The molecule has 7 nitrogen and oxygen atoms in total. The van der Waals surface area contributed by atoms with E-state index in [0.717, 1.165) is 41.7 Å². The average Bonchev–Trinajstić information content (AvgIpc) is 3.43. The third-order valence-corrected chi connectivity index (χ3v) is 7.30. The minimum atomic E-state index is -0.662. The highest BCUT2D eigenvalue weighted by Crippen LogP contribution is 2.37. The summed E-state index contributed by atoms with van der Waals surface area (Å²) in [5.74, 6) is -0.131. The molecule has 0 radical (unpaired) electrons. The molecule has 0 spiro atoms. The van der Waals surface area contributed by atoms with Gasteiger partial charge in [-0.1, -0.05) is 18.6 Å². The number of nitrogens with zero attached hydrogens (tertiary/aromatic N) is 2. The molecular formula is C30H37N3O4. The molecule has 1 saturated heterocycles. The first-order valence-corrected chi connectivity index (χ1v) is 13.2. The maximum Gasteiger partial charge on any atom is 0.419 e. The molecule has 1 aromatic heterocycles. The van der Waals surface area contributed by atoms with E-state index in [-0.39, 0.29) is 12.0 Å². The van der Waals surface area contributed by atoms with Gasteiger partial charge in [0.15, 0.2) is 0 Å². The number of carbonyl (C=O) groups is 2. The lowest BCUT2D eigenvalue weighted by Crippen LogP contribution is -2.29. The molecule has 2 aromatic carbocycles. The van der Waals surface area contributed by atoms with Crippen molar-refractivity contribution < 1.29 is 19.1 Å². The summed E-state index contributed by atoms with van der Waals surface area (Å²) in [6.07, 6.45) is 3.17. The molecule has 1 fully saturated rings. The predicted octanol–water partition coefficient (Wildman–Crippen LogP) is 6.03. The zero-order chi connectivity index (χ0) is 26.3. The van der Waals surface area contributed by atoms with Gasteiger partial charge in [-0.05, 0) is 94.6 Å². The van der Waals surface area contributed by atoms with Gasteiger partial charge in [0.2, 0.25) is 0 Å². The van der Waals surface area contributed by atoms with E-state index in [1.165, 1.54) is 24.8 Å². The van der Waals surface area contributed by atoms with Gasteiger partial charge in [-0.25, -0.2) is 9.36 Å². The summed E-state index contributed by atoms with van der Waals surface area (Å²) >= 11 is 0. The van der Waals surface area contributed by atoms with Crippen LogP contribution in [0.1, 0.15) is 80.1 Å². The molecule has 1 N–H and O–H groups in total. The number of methoxy groups -OCH3 is 1. The summed E-state index contributed by atoms with van der Waals surface area (Å²) in [4.78, 5) is 29.0. The number of ether oxygens (including phenoxy) is 2. The molecule has 3 aromatic rings. The summed E-state index contributed by atoms with van der Waals surface area (Å²) in [5.41, 5.74) is 5.16. The topological polar surface area (TPSA) is 72.8 Å². The summed E-state index contributed by atoms with van der Waals surface area (Å²) in [5, 5.41) is 3.90. The number of hydrogen-bond donors (Lipinski definition) is 1. The van der Waals surface area contributed by atoms with Crippen molar-refractivity contribution in [3.8, 4) is 11.3 Å². The van der Waals surface area contributed by atoms with Crippen LogP contribution in [-0.4, -0.2) is 47.3 Å². The van der Waals surface area contributed by atoms with Crippen LogP contribution in [-0.2, 0) is 22.6 Å². The lowest BCUT2D eigenvalue weighted by molar-refractivity contribution is 0.0547. The van der Waals surface area contributed by atoms with Crippen LogP contribution in [0.2, 0.25) is 0 Å². The number of benzene rings is 2. The molecule has 7 heteroatoms. The Morgan fingerprint density at radius 3 is 2.54 bits per heavy atom. The van der Waals surface area contributed by atoms with E-state index in [2.05, 4.69) is 22.3 Å². The minimum absolute atomic E-state index is 0.131. The van der Waals surface area contributed by atoms with Crippen molar-refractivity contribution in [3.63, 3.8) is 0 Å². The summed E-state index contributed by atoms with van der Waals surface area (Å²) in [7, 11) is 1.67. The van der Waals surface area contributed by atoms with Gasteiger partial charge >= 0.3 is 6.09 Å². The third kappa shape index (κ3) is 5.15. The Kier molecular flexibility index (Phi) is 6.86. The monoisotopic (exact) mass is 503 g/mol. The fourth-order valence-electron chi connectivity index (χ4n) is 5.41. The van der Waals surface area contributed by atoms with Crippen molar-refractivity contribution >= 4 is 22.9 Å². The van der Waals surface area contributed by atoms with Crippen molar-refractivity contribution in [2.75, 3.05) is 20.2 Å². The number of likely N-dealkylation sites (tertiary alicyclic amines) is 1. The van der Waals surface area contributed by atoms with E-state index in [0.29, 0.717) is 23.4 Å². The Morgan fingerprint density at radius 1 is 1.08 bits per heavy atom. The molecule has 3 heterocycles. The highest BCUT2D eigenvalue weighted by molar-refractivity contribution is 6.07. The van der Waals surface area contributed by atoms with Gasteiger partial charge in [-0.15, -0.1) is 0 Å². The van der Waals surface area contributed by atoms with E-state index < -0.39 is 11.7 Å². The van der Waals surface area contributed by atoms with Crippen LogP contribution >= 0.6 is 0 Å². The van der Waals surface area contributed by atoms with E-state index in [9.17, 15) is 9.59 Å². The fourth-order valence-corrected chi connectivity index (χ4v) is 5.41. The molecule has 196 valence electrons. The van der Waals surface area contributed by atoms with Crippen LogP contribution in [0, 0.1) is 0 Å². The largest absolute Gasteiger partial charge is 0.443 e. The predicted molar refractivity (Wildman–Crippen MR) is 145 cm³/mol. The van der Waals surface area contributed by atoms with E-state index in [1.54, 1.807) is 11.7 Å². The van der Waals surface area contributed by atoms with Crippen LogP contribution in [0.5, 0.6) is 0 Å². The lowest BCUT2D eigenvalue weighted by atomic mass is 9.95. The van der Waals surface area contributed by atoms with Gasteiger partial charge < -0.3 is 14.8 Å². The van der Waals surface area contributed by atoms with Crippen molar-refractivity contribution in [3.05, 3.63) is 58.7 Å². The number of fused-ring (bicyclic) bond motifs is 2. The SMILES string of the molecule is COC(C)c1cc2c(c(-c3cc4cc(CN5CCCCC5)ccc4n3C(=O)OC(C)(C)C)c1)C(=O)NC2. The van der Waals surface area contributed by atoms with Gasteiger partial charge in [0.1, 0.15) is 5.60 Å². The third-order valence-electron chi connectivity index (χ3n) is 7.30. The molecule has 37 heavy (non-hydrogen) atoms. The van der Waals surface area contributed by atoms with Crippen LogP contribution in [0.3, 0.4) is 0 Å². The number of carbonyl (C=O) groups excluding carboxylic acids is 2. The molecular weight excluding hydrogens is 466 g/mol. The first-order valence-electron chi connectivity index (χ1n) is 13.2. The van der Waals surface area contributed by atoms with E-state index in [4.69, 9.17) is 9.47 Å².